The summed E-state index contributed by atoms with van der Waals surface area (Å²) < 4.78 is 0.809. The lowest BCUT2D eigenvalue weighted by Crippen LogP contribution is -2.33. The second kappa shape index (κ2) is 6.18. The van der Waals surface area contributed by atoms with Crippen LogP contribution in [0.5, 0.6) is 0 Å². The number of hydrogen-bond donors (Lipinski definition) is 2. The Hall–Kier alpha value is -0.650. The van der Waals surface area contributed by atoms with Crippen LogP contribution in [0.2, 0.25) is 5.02 Å². The Morgan fingerprint density at radius 2 is 2.25 bits per heavy atom. The number of nitrogens with one attached hydrogen (secondary N) is 2. The van der Waals surface area contributed by atoms with Gasteiger partial charge in [0, 0.05) is 16.6 Å². The Morgan fingerprint density at radius 3 is 2.81 bits per heavy atom. The molecule has 0 spiro atoms. The maximum absolute atomic E-state index is 11.1. The number of amides is 1. The van der Waals surface area contributed by atoms with Gasteiger partial charge in [0.15, 0.2) is 5.11 Å². The maximum Gasteiger partial charge on any atom is 0.225 e. The van der Waals surface area contributed by atoms with Crippen LogP contribution in [0.3, 0.4) is 0 Å². The molecule has 0 saturated heterocycles. The average molecular weight is 322 g/mol. The second-order valence-electron chi connectivity index (χ2n) is 2.98. The first-order valence-corrected chi connectivity index (χ1v) is 6.16. The van der Waals surface area contributed by atoms with Crippen LogP contribution in [-0.2, 0) is 4.79 Å². The van der Waals surface area contributed by atoms with Gasteiger partial charge in [-0.15, -0.1) is 0 Å². The lowest BCUT2D eigenvalue weighted by Gasteiger charge is -2.09. The minimum absolute atomic E-state index is 0.124. The highest BCUT2D eigenvalue weighted by Gasteiger charge is 2.03. The van der Waals surface area contributed by atoms with Crippen LogP contribution in [-0.4, -0.2) is 11.0 Å². The Balaban J connectivity index is 2.63. The lowest BCUT2D eigenvalue weighted by molar-refractivity contribution is -0.119. The van der Waals surface area contributed by atoms with Crippen molar-refractivity contribution in [1.82, 2.24) is 5.32 Å². The summed E-state index contributed by atoms with van der Waals surface area (Å²) in [6, 6.07) is 5.32. The minimum Gasteiger partial charge on any atom is -0.332 e. The van der Waals surface area contributed by atoms with Crippen molar-refractivity contribution in [1.29, 1.82) is 0 Å². The molecule has 1 amide bonds. The molecular weight excluding hydrogens is 312 g/mol. The predicted octanol–water partition coefficient (Wildman–Crippen LogP) is 3.33. The third-order valence-corrected chi connectivity index (χ3v) is 3.19. The molecule has 0 fully saturated rings. The molecule has 0 bridgehead atoms. The summed E-state index contributed by atoms with van der Waals surface area (Å²) in [7, 11) is 0. The van der Waals surface area contributed by atoms with Gasteiger partial charge in [-0.25, -0.2) is 0 Å². The van der Waals surface area contributed by atoms with Crippen LogP contribution in [0.15, 0.2) is 22.7 Å². The number of halogens is 2. The number of hydrogen-bond acceptors (Lipinski definition) is 2. The summed E-state index contributed by atoms with van der Waals surface area (Å²) in [5.74, 6) is -0.124. The molecule has 0 aliphatic rings. The fourth-order valence-electron chi connectivity index (χ4n) is 0.951. The zero-order chi connectivity index (χ0) is 12.1. The molecule has 0 heterocycles. The van der Waals surface area contributed by atoms with Gasteiger partial charge >= 0.3 is 0 Å². The number of rotatable bonds is 2. The van der Waals surface area contributed by atoms with E-state index < -0.39 is 0 Å². The summed E-state index contributed by atoms with van der Waals surface area (Å²) in [5.41, 5.74) is 0.731. The van der Waals surface area contributed by atoms with Crippen LogP contribution in [0.25, 0.3) is 0 Å². The van der Waals surface area contributed by atoms with Crippen LogP contribution in [0.4, 0.5) is 5.69 Å². The average Bonchev–Trinajstić information content (AvgIpc) is 2.23. The zero-order valence-electron chi connectivity index (χ0n) is 8.51. The molecule has 0 aliphatic heterocycles. The van der Waals surface area contributed by atoms with Gasteiger partial charge in [0.1, 0.15) is 0 Å². The lowest BCUT2D eigenvalue weighted by atomic mass is 10.3. The van der Waals surface area contributed by atoms with E-state index in [4.69, 9.17) is 23.8 Å². The van der Waals surface area contributed by atoms with Gasteiger partial charge in [-0.05, 0) is 46.3 Å². The summed E-state index contributed by atoms with van der Waals surface area (Å²) in [6.07, 6.45) is 0.392. The molecule has 1 aromatic carbocycles. The molecule has 1 aromatic rings. The zero-order valence-corrected chi connectivity index (χ0v) is 11.7. The molecule has 86 valence electrons. The number of carbonyl (C=O) groups is 1. The van der Waals surface area contributed by atoms with Crippen LogP contribution < -0.4 is 10.6 Å². The smallest absolute Gasteiger partial charge is 0.225 e. The van der Waals surface area contributed by atoms with E-state index in [-0.39, 0.29) is 11.0 Å². The van der Waals surface area contributed by atoms with Gasteiger partial charge in [0.05, 0.1) is 5.02 Å². The van der Waals surface area contributed by atoms with Crippen molar-refractivity contribution < 1.29 is 4.79 Å². The molecule has 0 unspecified atom stereocenters. The van der Waals surface area contributed by atoms with Crippen molar-refractivity contribution in [2.75, 3.05) is 5.32 Å². The molecule has 0 radical (unpaired) electrons. The molecule has 3 nitrogen and oxygen atoms in total. The van der Waals surface area contributed by atoms with Crippen molar-refractivity contribution in [3.8, 4) is 0 Å². The van der Waals surface area contributed by atoms with Crippen molar-refractivity contribution in [3.05, 3.63) is 27.7 Å². The predicted molar refractivity (Wildman–Crippen MR) is 73.8 cm³/mol. The minimum atomic E-state index is -0.124. The third-order valence-electron chi connectivity index (χ3n) is 1.75. The largest absolute Gasteiger partial charge is 0.332 e. The number of carbonyl (C=O) groups excluding carboxylic acids is 1. The summed E-state index contributed by atoms with van der Waals surface area (Å²) in [5, 5.41) is 6.26. The van der Waals surface area contributed by atoms with Gasteiger partial charge in [0.25, 0.3) is 0 Å². The van der Waals surface area contributed by atoms with E-state index >= 15 is 0 Å². The van der Waals surface area contributed by atoms with Crippen molar-refractivity contribution in [3.63, 3.8) is 0 Å². The van der Waals surface area contributed by atoms with E-state index in [1.54, 1.807) is 25.1 Å². The molecule has 0 atom stereocenters. The fourth-order valence-corrected chi connectivity index (χ4v) is 1.61. The van der Waals surface area contributed by atoms with Crippen LogP contribution >= 0.6 is 39.7 Å². The quantitative estimate of drug-likeness (QED) is 0.821. The Kier molecular flexibility index (Phi) is 5.18. The number of thiocarbonyl (C=S) groups is 1. The van der Waals surface area contributed by atoms with Gasteiger partial charge in [-0.3, -0.25) is 4.79 Å². The highest BCUT2D eigenvalue weighted by Crippen LogP contribution is 2.25. The molecular formula is C10H10BrClN2OS. The summed E-state index contributed by atoms with van der Waals surface area (Å²) >= 11 is 14.2. The van der Waals surface area contributed by atoms with Gasteiger partial charge in [0.2, 0.25) is 5.91 Å². The monoisotopic (exact) mass is 320 g/mol. The molecule has 16 heavy (non-hydrogen) atoms. The molecule has 6 heteroatoms. The molecule has 2 N–H and O–H groups in total. The highest BCUT2D eigenvalue weighted by atomic mass is 79.9. The van der Waals surface area contributed by atoms with Crippen molar-refractivity contribution >= 4 is 56.5 Å². The van der Waals surface area contributed by atoms with Gasteiger partial charge in [-0.1, -0.05) is 18.5 Å². The van der Waals surface area contributed by atoms with E-state index in [1.807, 2.05) is 0 Å². The second-order valence-corrected chi connectivity index (χ2v) is 4.65. The standard InChI is InChI=1S/C10H10BrClN2OS/c1-2-9(15)14-10(16)13-6-3-4-7(11)8(12)5-6/h3-5H,2H2,1H3,(H2,13,14,15,16). The molecule has 0 aromatic heterocycles. The molecule has 0 saturated carbocycles. The van der Waals surface area contributed by atoms with E-state index in [0.29, 0.717) is 11.4 Å². The summed E-state index contributed by atoms with van der Waals surface area (Å²) in [6.45, 7) is 1.76. The van der Waals surface area contributed by atoms with Gasteiger partial charge < -0.3 is 10.6 Å². The SMILES string of the molecule is CCC(=O)NC(=S)Nc1ccc(Br)c(Cl)c1. The first-order valence-electron chi connectivity index (χ1n) is 4.58. The Bertz CT molecular complexity index is 425. The van der Waals surface area contributed by atoms with E-state index in [1.165, 1.54) is 0 Å². The fraction of sp³-hybridized carbons (Fsp3) is 0.200. The topological polar surface area (TPSA) is 41.1 Å². The first-order chi connectivity index (χ1) is 7.52. The van der Waals surface area contributed by atoms with Crippen LogP contribution in [0.1, 0.15) is 13.3 Å². The van der Waals surface area contributed by atoms with Gasteiger partial charge in [-0.2, -0.15) is 0 Å². The first kappa shape index (κ1) is 13.4. The number of benzene rings is 1. The van der Waals surface area contributed by atoms with Crippen LogP contribution in [0, 0.1) is 0 Å². The van der Waals surface area contributed by atoms with E-state index in [9.17, 15) is 4.79 Å². The summed E-state index contributed by atoms with van der Waals surface area (Å²) in [4.78, 5) is 11.1. The van der Waals surface area contributed by atoms with Crippen molar-refractivity contribution in [2.45, 2.75) is 13.3 Å². The van der Waals surface area contributed by atoms with E-state index in [0.717, 1.165) is 10.2 Å². The Labute approximate surface area is 113 Å². The molecule has 1 rings (SSSR count). The van der Waals surface area contributed by atoms with Crippen molar-refractivity contribution in [2.24, 2.45) is 0 Å². The maximum atomic E-state index is 11.1. The molecule has 0 aliphatic carbocycles. The number of anilines is 1. The normalized spacial score (nSPS) is 9.69. The van der Waals surface area contributed by atoms with E-state index in [2.05, 4.69) is 26.6 Å². The highest BCUT2D eigenvalue weighted by molar-refractivity contribution is 9.10. The third kappa shape index (κ3) is 4.08. The Morgan fingerprint density at radius 1 is 1.56 bits per heavy atom.